The molecule has 4 N–H and O–H groups in total. The Hall–Kier alpha value is -1.82. The van der Waals surface area contributed by atoms with Crippen LogP contribution in [0.4, 0.5) is 0 Å². The lowest BCUT2D eigenvalue weighted by Crippen LogP contribution is -2.15. The van der Waals surface area contributed by atoms with E-state index in [1.165, 1.54) is 12.1 Å². The second kappa shape index (κ2) is 9.76. The van der Waals surface area contributed by atoms with Gasteiger partial charge in [-0.15, -0.1) is 0 Å². The molecule has 0 heterocycles. The van der Waals surface area contributed by atoms with Gasteiger partial charge in [-0.05, 0) is 44.0 Å². The highest BCUT2D eigenvalue weighted by atomic mass is 31.2. The van der Waals surface area contributed by atoms with Crippen molar-refractivity contribution in [2.75, 3.05) is 13.2 Å². The van der Waals surface area contributed by atoms with Gasteiger partial charge in [0.25, 0.3) is 12.9 Å². The molecular formula is C19H25O6P. The van der Waals surface area contributed by atoms with Gasteiger partial charge in [0.15, 0.2) is 0 Å². The zero-order valence-corrected chi connectivity index (χ0v) is 16.0. The fraction of sp³-hybridized carbons (Fsp3) is 0.316. The maximum Gasteiger partial charge on any atom is 0.298 e. The zero-order valence-electron chi connectivity index (χ0n) is 15.1. The van der Waals surface area contributed by atoms with E-state index in [1.54, 1.807) is 32.0 Å². The number of aliphatic hydroxyl groups is 3. The fourth-order valence-corrected chi connectivity index (χ4v) is 3.94. The van der Waals surface area contributed by atoms with E-state index in [9.17, 15) is 14.3 Å². The van der Waals surface area contributed by atoms with E-state index >= 15 is 0 Å². The summed E-state index contributed by atoms with van der Waals surface area (Å²) in [6.45, 7) is 4.79. The number of aryl methyl sites for hydroxylation is 3. The average Bonchev–Trinajstić information content (AvgIpc) is 2.61. The largest absolute Gasteiger partial charge is 0.394 e. The quantitative estimate of drug-likeness (QED) is 0.587. The van der Waals surface area contributed by atoms with Crippen molar-refractivity contribution < 1.29 is 29.6 Å². The van der Waals surface area contributed by atoms with Gasteiger partial charge >= 0.3 is 0 Å². The van der Waals surface area contributed by atoms with Crippen LogP contribution in [-0.4, -0.2) is 45.1 Å². The van der Waals surface area contributed by atoms with Gasteiger partial charge in [0, 0.05) is 10.9 Å². The van der Waals surface area contributed by atoms with Crippen LogP contribution >= 0.6 is 7.37 Å². The van der Waals surface area contributed by atoms with Gasteiger partial charge in [0.1, 0.15) is 6.10 Å². The first kappa shape index (κ1) is 22.2. The Bertz CT molecular complexity index is 761. The van der Waals surface area contributed by atoms with Crippen LogP contribution in [0.25, 0.3) is 0 Å². The number of carbonyl (C=O) groups excluding carboxylic acids is 1. The summed E-state index contributed by atoms with van der Waals surface area (Å²) in [7, 11) is -4.07. The van der Waals surface area contributed by atoms with Crippen molar-refractivity contribution in [2.24, 2.45) is 0 Å². The molecule has 6 nitrogen and oxygen atoms in total. The van der Waals surface area contributed by atoms with Crippen LogP contribution in [0, 0.1) is 20.8 Å². The first-order chi connectivity index (χ1) is 12.1. The molecule has 26 heavy (non-hydrogen) atoms. The number of rotatable bonds is 5. The van der Waals surface area contributed by atoms with Crippen LogP contribution < -0.4 is 5.30 Å². The summed E-state index contributed by atoms with van der Waals surface area (Å²) in [4.78, 5) is 22.7. The summed E-state index contributed by atoms with van der Waals surface area (Å²) < 4.78 is 12.5. The summed E-state index contributed by atoms with van der Waals surface area (Å²) in [5, 5.41) is 24.2. The molecule has 142 valence electrons. The molecule has 0 saturated carbocycles. The lowest BCUT2D eigenvalue weighted by atomic mass is 10.0. The molecule has 2 aromatic carbocycles. The average molecular weight is 380 g/mol. The first-order valence-corrected chi connectivity index (χ1v) is 9.72. The molecule has 0 radical (unpaired) electrons. The van der Waals surface area contributed by atoms with Crippen molar-refractivity contribution in [1.29, 1.82) is 0 Å². The molecular weight excluding hydrogens is 355 g/mol. The van der Waals surface area contributed by atoms with E-state index in [0.29, 0.717) is 5.56 Å². The van der Waals surface area contributed by atoms with Gasteiger partial charge in [0.2, 0.25) is 0 Å². The van der Waals surface area contributed by atoms with Gasteiger partial charge in [0.05, 0.1) is 13.2 Å². The number of benzene rings is 2. The van der Waals surface area contributed by atoms with E-state index in [1.807, 2.05) is 19.1 Å². The SMILES string of the molecule is Cc1cc(C)c(C(=O)P(=O)(O)c2ccccc2)c(C)c1.OCC(O)CO. The summed E-state index contributed by atoms with van der Waals surface area (Å²) in [6.07, 6.45) is -0.954. The lowest BCUT2D eigenvalue weighted by Gasteiger charge is -2.15. The van der Waals surface area contributed by atoms with Crippen molar-refractivity contribution >= 4 is 18.2 Å². The Morgan fingerprint density at radius 2 is 1.46 bits per heavy atom. The Labute approximate surface area is 153 Å². The van der Waals surface area contributed by atoms with Gasteiger partial charge in [-0.2, -0.15) is 0 Å². The van der Waals surface area contributed by atoms with Crippen LogP contribution in [0.5, 0.6) is 0 Å². The normalized spacial score (nSPS) is 12.9. The van der Waals surface area contributed by atoms with E-state index in [2.05, 4.69) is 0 Å². The topological polar surface area (TPSA) is 115 Å². The molecule has 1 unspecified atom stereocenters. The molecule has 0 aliphatic heterocycles. The smallest absolute Gasteiger partial charge is 0.298 e. The third-order valence-corrected chi connectivity index (χ3v) is 5.47. The summed E-state index contributed by atoms with van der Waals surface area (Å²) in [5.74, 6) is 0. The number of hydrogen-bond donors (Lipinski definition) is 4. The van der Waals surface area contributed by atoms with Crippen LogP contribution in [0.15, 0.2) is 42.5 Å². The molecule has 7 heteroatoms. The van der Waals surface area contributed by atoms with E-state index < -0.39 is 19.0 Å². The van der Waals surface area contributed by atoms with E-state index in [4.69, 9.17) is 15.3 Å². The van der Waals surface area contributed by atoms with Crippen LogP contribution in [0.1, 0.15) is 27.0 Å². The van der Waals surface area contributed by atoms with Crippen molar-refractivity contribution in [2.45, 2.75) is 26.9 Å². The molecule has 0 aliphatic rings. The van der Waals surface area contributed by atoms with Crippen LogP contribution in [-0.2, 0) is 4.57 Å². The fourth-order valence-electron chi connectivity index (χ4n) is 2.47. The van der Waals surface area contributed by atoms with Gasteiger partial charge in [-0.25, -0.2) is 0 Å². The maximum atomic E-state index is 12.5. The molecule has 0 bridgehead atoms. The van der Waals surface area contributed by atoms with Gasteiger partial charge in [-0.3, -0.25) is 9.36 Å². The predicted molar refractivity (Wildman–Crippen MR) is 101 cm³/mol. The highest BCUT2D eigenvalue weighted by molar-refractivity contribution is 7.82. The minimum absolute atomic E-state index is 0.171. The molecule has 0 fully saturated rings. The van der Waals surface area contributed by atoms with Crippen LogP contribution in [0.3, 0.4) is 0 Å². The molecule has 0 aliphatic carbocycles. The molecule has 0 spiro atoms. The second-order valence-corrected chi connectivity index (χ2v) is 8.08. The number of carbonyl (C=O) groups is 1. The Kier molecular flexibility index (Phi) is 8.34. The molecule has 1 atom stereocenters. The van der Waals surface area contributed by atoms with E-state index in [0.717, 1.165) is 16.7 Å². The van der Waals surface area contributed by atoms with Gasteiger partial charge in [-0.1, -0.05) is 35.9 Å². The molecule has 2 aromatic rings. The van der Waals surface area contributed by atoms with Gasteiger partial charge < -0.3 is 20.2 Å². The zero-order chi connectivity index (χ0) is 19.9. The third-order valence-electron chi connectivity index (χ3n) is 3.69. The minimum atomic E-state index is -4.07. The lowest BCUT2D eigenvalue weighted by molar-refractivity contribution is 0.0450. The minimum Gasteiger partial charge on any atom is -0.394 e. The maximum absolute atomic E-state index is 12.5. The predicted octanol–water partition coefficient (Wildman–Crippen LogP) is 1.68. The molecule has 2 rings (SSSR count). The first-order valence-electron chi connectivity index (χ1n) is 8.06. The van der Waals surface area contributed by atoms with Crippen molar-refractivity contribution in [3.05, 3.63) is 64.7 Å². The Morgan fingerprint density at radius 1 is 1.00 bits per heavy atom. The molecule has 0 saturated heterocycles. The summed E-state index contributed by atoms with van der Waals surface area (Å²) in [6, 6.07) is 11.8. The highest BCUT2D eigenvalue weighted by Crippen LogP contribution is 2.44. The van der Waals surface area contributed by atoms with Crippen molar-refractivity contribution in [1.82, 2.24) is 0 Å². The van der Waals surface area contributed by atoms with Crippen LogP contribution in [0.2, 0.25) is 0 Å². The van der Waals surface area contributed by atoms with Crippen molar-refractivity contribution in [3.63, 3.8) is 0 Å². The molecule has 0 aromatic heterocycles. The third kappa shape index (κ3) is 5.59. The Balaban J connectivity index is 0.000000487. The van der Waals surface area contributed by atoms with Crippen molar-refractivity contribution in [3.8, 4) is 0 Å². The standard InChI is InChI=1S/C16H17O3P.C3H8O3/c1-11-9-12(2)15(13(3)10-11)16(17)20(18,19)14-7-5-4-6-8-14;4-1-3(6)2-5/h4-10H,1-3H3,(H,18,19);3-6H,1-2H2. The highest BCUT2D eigenvalue weighted by Gasteiger charge is 2.34. The number of aliphatic hydroxyl groups excluding tert-OH is 3. The summed E-state index contributed by atoms with van der Waals surface area (Å²) in [5.41, 5.74) is 2.16. The van der Waals surface area contributed by atoms with E-state index in [-0.39, 0.29) is 18.5 Å². The second-order valence-electron chi connectivity index (χ2n) is 6.01. The molecule has 0 amide bonds. The summed E-state index contributed by atoms with van der Waals surface area (Å²) >= 11 is 0. The Morgan fingerprint density at radius 3 is 1.85 bits per heavy atom. The number of hydrogen-bond acceptors (Lipinski definition) is 5. The monoisotopic (exact) mass is 380 g/mol.